The summed E-state index contributed by atoms with van der Waals surface area (Å²) in [5.41, 5.74) is 6.09. The van der Waals surface area contributed by atoms with Crippen LogP contribution in [-0.4, -0.2) is 31.2 Å². The van der Waals surface area contributed by atoms with Crippen molar-refractivity contribution in [3.05, 3.63) is 101 Å². The van der Waals surface area contributed by atoms with E-state index in [1.165, 1.54) is 0 Å². The summed E-state index contributed by atoms with van der Waals surface area (Å²) in [6.07, 6.45) is 2.08. The van der Waals surface area contributed by atoms with Gasteiger partial charge in [0.05, 0.1) is 23.5 Å². The van der Waals surface area contributed by atoms with E-state index in [1.54, 1.807) is 18.0 Å². The van der Waals surface area contributed by atoms with Crippen LogP contribution in [0.15, 0.2) is 101 Å². The molecule has 38 heavy (non-hydrogen) atoms. The van der Waals surface area contributed by atoms with Gasteiger partial charge in [-0.2, -0.15) is 0 Å². The fourth-order valence-corrected chi connectivity index (χ4v) is 5.60. The summed E-state index contributed by atoms with van der Waals surface area (Å²) < 4.78 is 3.22. The topological polar surface area (TPSA) is 84.7 Å². The zero-order valence-electron chi connectivity index (χ0n) is 20.3. The summed E-state index contributed by atoms with van der Waals surface area (Å²) in [5.74, 6) is 1.43. The predicted molar refractivity (Wildman–Crippen MR) is 156 cm³/mol. The number of carbonyl (C=O) groups is 1. The molecule has 3 aromatic carbocycles. The molecule has 1 amide bonds. The van der Waals surface area contributed by atoms with Crippen LogP contribution in [0.1, 0.15) is 5.56 Å². The number of nitrogens with zero attached hydrogens (tertiary/aromatic N) is 4. The highest BCUT2D eigenvalue weighted by molar-refractivity contribution is 9.10. The van der Waals surface area contributed by atoms with E-state index in [-0.39, 0.29) is 5.91 Å². The van der Waals surface area contributed by atoms with Crippen LogP contribution in [0.5, 0.6) is 0 Å². The molecule has 5 aromatic rings. The molecular formula is C29H23BrN6OS. The van der Waals surface area contributed by atoms with Crippen molar-refractivity contribution in [2.45, 2.75) is 18.1 Å². The fourth-order valence-electron chi connectivity index (χ4n) is 4.38. The highest BCUT2D eigenvalue weighted by Gasteiger charge is 2.25. The number of carbonyl (C=O) groups excluding carboxylic acids is 1. The minimum absolute atomic E-state index is 0.0593. The van der Waals surface area contributed by atoms with Gasteiger partial charge in [-0.05, 0) is 48.0 Å². The lowest BCUT2D eigenvalue weighted by Gasteiger charge is -2.11. The largest absolute Gasteiger partial charge is 0.326 e. The molecule has 0 atom stereocenters. The lowest BCUT2D eigenvalue weighted by Crippen LogP contribution is -2.14. The molecule has 2 aromatic heterocycles. The normalized spacial score (nSPS) is 12.2. The van der Waals surface area contributed by atoms with E-state index < -0.39 is 0 Å². The predicted octanol–water partition coefficient (Wildman–Crippen LogP) is 6.80. The average Bonchev–Trinajstić information content (AvgIpc) is 3.53. The minimum atomic E-state index is -0.0593. The van der Waals surface area contributed by atoms with E-state index in [2.05, 4.69) is 36.1 Å². The van der Waals surface area contributed by atoms with Crippen LogP contribution in [0.25, 0.3) is 22.6 Å². The quantitative estimate of drug-likeness (QED) is 0.219. The molecule has 0 aliphatic carbocycles. The lowest BCUT2D eigenvalue weighted by atomic mass is 10.1. The van der Waals surface area contributed by atoms with Crippen LogP contribution in [0, 0.1) is 0 Å². The first kappa shape index (κ1) is 24.4. The number of rotatable bonds is 7. The lowest BCUT2D eigenvalue weighted by molar-refractivity contribution is -0.115. The molecule has 9 heteroatoms. The SMILES string of the molecule is O=C(Cc1ccccc1)Nc1cccc(-c2nc3n(c2-c2ccnc(Nc4ccc(Br)cc4)n2)CCS3)c1. The van der Waals surface area contributed by atoms with E-state index in [0.29, 0.717) is 12.4 Å². The third kappa shape index (κ3) is 5.34. The molecule has 0 saturated carbocycles. The zero-order chi connectivity index (χ0) is 25.9. The molecule has 0 radical (unpaired) electrons. The molecule has 7 nitrogen and oxygen atoms in total. The Hall–Kier alpha value is -3.95. The van der Waals surface area contributed by atoms with Gasteiger partial charge >= 0.3 is 0 Å². The van der Waals surface area contributed by atoms with Crippen LogP contribution in [0.4, 0.5) is 17.3 Å². The Morgan fingerprint density at radius 2 is 1.79 bits per heavy atom. The Kier molecular flexibility index (Phi) is 6.94. The van der Waals surface area contributed by atoms with Crippen molar-refractivity contribution in [3.8, 4) is 22.6 Å². The summed E-state index contributed by atoms with van der Waals surface area (Å²) in [6, 6.07) is 27.3. The maximum atomic E-state index is 12.7. The fraction of sp³-hybridized carbons (Fsp3) is 0.103. The number of amides is 1. The first-order chi connectivity index (χ1) is 18.6. The number of imidazole rings is 1. The molecule has 1 aliphatic rings. The second-order valence-electron chi connectivity index (χ2n) is 8.78. The standard InChI is InChI=1S/C29H23BrN6OS/c30-21-9-11-22(12-10-21)33-28-31-14-13-24(34-28)27-26(35-29-36(27)15-16-38-29)20-7-4-8-23(18-20)32-25(37)17-19-5-2-1-3-6-19/h1-14,18H,15-17H2,(H,32,37)(H,31,33,34). The van der Waals surface area contributed by atoms with E-state index in [4.69, 9.17) is 9.97 Å². The van der Waals surface area contributed by atoms with E-state index in [9.17, 15) is 4.79 Å². The van der Waals surface area contributed by atoms with Crippen molar-refractivity contribution < 1.29 is 4.79 Å². The molecule has 0 fully saturated rings. The van der Waals surface area contributed by atoms with Crippen LogP contribution in [-0.2, 0) is 17.8 Å². The van der Waals surface area contributed by atoms with E-state index in [1.807, 2.05) is 84.9 Å². The Morgan fingerprint density at radius 3 is 2.63 bits per heavy atom. The van der Waals surface area contributed by atoms with Gasteiger partial charge in [0.15, 0.2) is 5.16 Å². The maximum absolute atomic E-state index is 12.7. The Balaban J connectivity index is 1.30. The number of hydrogen-bond donors (Lipinski definition) is 2. The number of aromatic nitrogens is 4. The van der Waals surface area contributed by atoms with Gasteiger partial charge in [-0.15, -0.1) is 0 Å². The van der Waals surface area contributed by atoms with Gasteiger partial charge in [-0.25, -0.2) is 15.0 Å². The van der Waals surface area contributed by atoms with Crippen molar-refractivity contribution in [2.75, 3.05) is 16.4 Å². The summed E-state index contributed by atoms with van der Waals surface area (Å²) in [4.78, 5) is 26.9. The third-order valence-electron chi connectivity index (χ3n) is 6.10. The number of thioether (sulfide) groups is 1. The summed E-state index contributed by atoms with van der Waals surface area (Å²) >= 11 is 5.20. The average molecular weight is 584 g/mol. The number of hydrogen-bond acceptors (Lipinski definition) is 6. The highest BCUT2D eigenvalue weighted by atomic mass is 79.9. The van der Waals surface area contributed by atoms with Gasteiger partial charge in [0.2, 0.25) is 11.9 Å². The van der Waals surface area contributed by atoms with Gasteiger partial charge < -0.3 is 15.2 Å². The summed E-state index contributed by atoms with van der Waals surface area (Å²) in [5, 5.41) is 7.28. The maximum Gasteiger partial charge on any atom is 0.228 e. The summed E-state index contributed by atoms with van der Waals surface area (Å²) in [6.45, 7) is 0.856. The number of anilines is 3. The van der Waals surface area contributed by atoms with Crippen molar-refractivity contribution in [2.24, 2.45) is 0 Å². The summed E-state index contributed by atoms with van der Waals surface area (Å²) in [7, 11) is 0. The number of benzene rings is 3. The third-order valence-corrected chi connectivity index (χ3v) is 7.59. The van der Waals surface area contributed by atoms with E-state index >= 15 is 0 Å². The van der Waals surface area contributed by atoms with Crippen molar-refractivity contribution in [1.29, 1.82) is 0 Å². The number of halogens is 1. The van der Waals surface area contributed by atoms with Crippen LogP contribution < -0.4 is 10.6 Å². The first-order valence-corrected chi connectivity index (χ1v) is 13.9. The first-order valence-electron chi connectivity index (χ1n) is 12.2. The number of nitrogens with one attached hydrogen (secondary N) is 2. The van der Waals surface area contributed by atoms with Gasteiger partial charge in [-0.3, -0.25) is 4.79 Å². The molecule has 1 aliphatic heterocycles. The smallest absolute Gasteiger partial charge is 0.228 e. The van der Waals surface area contributed by atoms with Crippen LogP contribution in [0.2, 0.25) is 0 Å². The van der Waals surface area contributed by atoms with Gasteiger partial charge in [-0.1, -0.05) is 70.2 Å². The molecule has 6 rings (SSSR count). The zero-order valence-corrected chi connectivity index (χ0v) is 22.7. The molecule has 3 heterocycles. The molecule has 0 unspecified atom stereocenters. The molecule has 0 saturated heterocycles. The Bertz CT molecular complexity index is 1600. The van der Waals surface area contributed by atoms with Gasteiger partial charge in [0.1, 0.15) is 0 Å². The van der Waals surface area contributed by atoms with Crippen LogP contribution >= 0.6 is 27.7 Å². The molecular weight excluding hydrogens is 560 g/mol. The molecule has 188 valence electrons. The molecule has 2 N–H and O–H groups in total. The van der Waals surface area contributed by atoms with Crippen molar-refractivity contribution in [3.63, 3.8) is 0 Å². The Morgan fingerprint density at radius 1 is 0.947 bits per heavy atom. The van der Waals surface area contributed by atoms with Gasteiger partial charge in [0, 0.05) is 39.9 Å². The number of fused-ring (bicyclic) bond motifs is 1. The highest BCUT2D eigenvalue weighted by Crippen LogP contribution is 2.39. The molecule has 0 spiro atoms. The Labute approximate surface area is 232 Å². The van der Waals surface area contributed by atoms with Gasteiger partial charge in [0.25, 0.3) is 0 Å². The minimum Gasteiger partial charge on any atom is -0.326 e. The van der Waals surface area contributed by atoms with Crippen molar-refractivity contribution in [1.82, 2.24) is 19.5 Å². The second kappa shape index (κ2) is 10.8. The second-order valence-corrected chi connectivity index (χ2v) is 10.8. The van der Waals surface area contributed by atoms with E-state index in [0.717, 1.165) is 61.5 Å². The monoisotopic (exact) mass is 582 g/mol. The van der Waals surface area contributed by atoms with Crippen LogP contribution in [0.3, 0.4) is 0 Å². The van der Waals surface area contributed by atoms with Crippen molar-refractivity contribution >= 4 is 50.9 Å². The molecule has 0 bridgehead atoms.